The Morgan fingerprint density at radius 3 is 1.77 bits per heavy atom. The van der Waals surface area contributed by atoms with E-state index in [-0.39, 0.29) is 25.2 Å². The van der Waals surface area contributed by atoms with E-state index in [0.717, 1.165) is 0 Å². The van der Waals surface area contributed by atoms with Crippen LogP contribution < -0.4 is 27.4 Å². The second kappa shape index (κ2) is 12.8. The van der Waals surface area contributed by atoms with Crippen LogP contribution in [0, 0.1) is 5.92 Å². The van der Waals surface area contributed by atoms with Crippen molar-refractivity contribution >= 4 is 29.6 Å². The molecule has 0 aromatic carbocycles. The summed E-state index contributed by atoms with van der Waals surface area (Å²) in [5.41, 5.74) is 10.6. The van der Waals surface area contributed by atoms with Gasteiger partial charge in [-0.25, -0.2) is 4.79 Å². The second-order valence-electron chi connectivity index (χ2n) is 7.61. The van der Waals surface area contributed by atoms with Crippen LogP contribution in [-0.4, -0.2) is 70.1 Å². The smallest absolute Gasteiger partial charge is 0.328 e. The van der Waals surface area contributed by atoms with E-state index in [1.807, 2.05) is 13.8 Å². The summed E-state index contributed by atoms with van der Waals surface area (Å²) < 4.78 is 0. The van der Waals surface area contributed by atoms with Crippen LogP contribution in [0.25, 0.3) is 0 Å². The van der Waals surface area contributed by atoms with Crippen LogP contribution in [0.4, 0.5) is 0 Å². The van der Waals surface area contributed by atoms with Crippen molar-refractivity contribution in [3.8, 4) is 0 Å². The lowest BCUT2D eigenvalue weighted by molar-refractivity contribution is -0.145. The van der Waals surface area contributed by atoms with Gasteiger partial charge in [-0.3, -0.25) is 19.2 Å². The molecule has 0 aliphatic heterocycles. The Kier molecular flexibility index (Phi) is 11.6. The number of carboxylic acids is 1. The molecule has 12 heteroatoms. The quantitative estimate of drug-likeness (QED) is 0.166. The van der Waals surface area contributed by atoms with Gasteiger partial charge in [0.05, 0.1) is 12.1 Å². The predicted molar refractivity (Wildman–Crippen MR) is 107 cm³/mol. The fourth-order valence-corrected chi connectivity index (χ4v) is 2.48. The maximum Gasteiger partial charge on any atom is 0.328 e. The number of carbonyl (C=O) groups excluding carboxylic acids is 4. The number of amides is 4. The summed E-state index contributed by atoms with van der Waals surface area (Å²) in [4.78, 5) is 59.5. The molecule has 12 nitrogen and oxygen atoms in total. The topological polar surface area (TPSA) is 214 Å². The maximum atomic E-state index is 12.7. The van der Waals surface area contributed by atoms with Crippen molar-refractivity contribution in [1.29, 1.82) is 0 Å². The molecule has 0 fully saturated rings. The molecular formula is C18H33N5O7. The average Bonchev–Trinajstić information content (AvgIpc) is 2.60. The Balaban J connectivity index is 5.49. The van der Waals surface area contributed by atoms with E-state index in [1.54, 1.807) is 0 Å². The van der Waals surface area contributed by atoms with Crippen molar-refractivity contribution < 1.29 is 34.2 Å². The Morgan fingerprint density at radius 2 is 1.37 bits per heavy atom. The highest BCUT2D eigenvalue weighted by atomic mass is 16.4. The highest BCUT2D eigenvalue weighted by Crippen LogP contribution is 2.08. The molecule has 5 atom stereocenters. The highest BCUT2D eigenvalue weighted by Gasteiger charge is 2.31. The molecule has 5 unspecified atom stereocenters. The number of aliphatic hydroxyl groups excluding tert-OH is 1. The molecule has 0 spiro atoms. The molecule has 0 rings (SSSR count). The number of carboxylic acid groups (broad SMARTS) is 1. The van der Waals surface area contributed by atoms with E-state index >= 15 is 0 Å². The normalized spacial score (nSPS) is 16.0. The minimum absolute atomic E-state index is 0.0126. The van der Waals surface area contributed by atoms with Gasteiger partial charge < -0.3 is 37.6 Å². The van der Waals surface area contributed by atoms with Gasteiger partial charge in [-0.1, -0.05) is 13.8 Å². The summed E-state index contributed by atoms with van der Waals surface area (Å²) >= 11 is 0. The van der Waals surface area contributed by atoms with Crippen molar-refractivity contribution in [1.82, 2.24) is 16.0 Å². The van der Waals surface area contributed by atoms with E-state index in [1.165, 1.54) is 13.8 Å². The van der Waals surface area contributed by atoms with Crippen LogP contribution in [0.15, 0.2) is 0 Å². The largest absolute Gasteiger partial charge is 0.480 e. The van der Waals surface area contributed by atoms with Gasteiger partial charge in [0.25, 0.3) is 0 Å². The molecule has 4 amide bonds. The fourth-order valence-electron chi connectivity index (χ4n) is 2.48. The SMILES string of the molecule is CC(C)CC(NC(=O)C(C)N)C(=O)NC(CCC(N)=O)C(=O)NC(C(=O)O)C(C)O. The molecule has 0 aromatic rings. The molecule has 0 saturated carbocycles. The van der Waals surface area contributed by atoms with Crippen LogP contribution in [-0.2, 0) is 24.0 Å². The predicted octanol–water partition coefficient (Wildman–Crippen LogP) is -2.43. The third-order valence-electron chi connectivity index (χ3n) is 4.11. The second-order valence-corrected chi connectivity index (χ2v) is 7.61. The first-order chi connectivity index (χ1) is 13.8. The van der Waals surface area contributed by atoms with Gasteiger partial charge in [0, 0.05) is 6.42 Å². The number of hydrogen-bond acceptors (Lipinski definition) is 7. The number of aliphatic carboxylic acids is 1. The molecule has 0 heterocycles. The van der Waals surface area contributed by atoms with Gasteiger partial charge in [0.15, 0.2) is 6.04 Å². The van der Waals surface area contributed by atoms with Crippen LogP contribution in [0.2, 0.25) is 0 Å². The molecule has 0 aliphatic carbocycles. The lowest BCUT2D eigenvalue weighted by atomic mass is 10.0. The number of nitrogens with one attached hydrogen (secondary N) is 3. The van der Waals surface area contributed by atoms with Gasteiger partial charge >= 0.3 is 5.97 Å². The van der Waals surface area contributed by atoms with E-state index < -0.39 is 59.9 Å². The molecule has 30 heavy (non-hydrogen) atoms. The molecule has 0 radical (unpaired) electrons. The average molecular weight is 431 g/mol. The summed E-state index contributed by atoms with van der Waals surface area (Å²) in [5, 5.41) is 25.7. The minimum Gasteiger partial charge on any atom is -0.480 e. The van der Waals surface area contributed by atoms with Crippen molar-refractivity contribution in [3.05, 3.63) is 0 Å². The number of nitrogens with two attached hydrogens (primary N) is 2. The lowest BCUT2D eigenvalue weighted by Gasteiger charge is -2.26. The summed E-state index contributed by atoms with van der Waals surface area (Å²) in [6, 6.07) is -4.79. The van der Waals surface area contributed by atoms with E-state index in [2.05, 4.69) is 16.0 Å². The van der Waals surface area contributed by atoms with Crippen LogP contribution in [0.3, 0.4) is 0 Å². The summed E-state index contributed by atoms with van der Waals surface area (Å²) in [6.45, 7) is 6.29. The summed E-state index contributed by atoms with van der Waals surface area (Å²) in [7, 11) is 0. The highest BCUT2D eigenvalue weighted by molar-refractivity contribution is 5.94. The van der Waals surface area contributed by atoms with Crippen molar-refractivity contribution in [3.63, 3.8) is 0 Å². The zero-order chi connectivity index (χ0) is 23.6. The molecule has 0 aliphatic rings. The third kappa shape index (κ3) is 10.2. The van der Waals surface area contributed by atoms with Gasteiger partial charge in [0.1, 0.15) is 12.1 Å². The first-order valence-corrected chi connectivity index (χ1v) is 9.62. The van der Waals surface area contributed by atoms with Gasteiger partial charge in [-0.2, -0.15) is 0 Å². The number of rotatable bonds is 13. The number of aliphatic hydroxyl groups is 1. The van der Waals surface area contributed by atoms with Gasteiger partial charge in [0.2, 0.25) is 23.6 Å². The van der Waals surface area contributed by atoms with Gasteiger partial charge in [-0.15, -0.1) is 0 Å². The molecule has 172 valence electrons. The van der Waals surface area contributed by atoms with Gasteiger partial charge in [-0.05, 0) is 32.6 Å². The summed E-state index contributed by atoms with van der Waals surface area (Å²) in [5.74, 6) is -4.37. The lowest BCUT2D eigenvalue weighted by Crippen LogP contribution is -2.58. The first kappa shape index (κ1) is 27.3. The van der Waals surface area contributed by atoms with E-state index in [4.69, 9.17) is 16.6 Å². The maximum absolute atomic E-state index is 12.7. The summed E-state index contributed by atoms with van der Waals surface area (Å²) in [6.07, 6.45) is -1.61. The first-order valence-electron chi connectivity index (χ1n) is 9.62. The van der Waals surface area contributed by atoms with Crippen LogP contribution >= 0.6 is 0 Å². The monoisotopic (exact) mass is 431 g/mol. The van der Waals surface area contributed by atoms with Crippen molar-refractivity contribution in [2.45, 2.75) is 77.2 Å². The molecule has 0 bridgehead atoms. The van der Waals surface area contributed by atoms with E-state index in [0.29, 0.717) is 0 Å². The van der Waals surface area contributed by atoms with Crippen LogP contribution in [0.1, 0.15) is 47.0 Å². The van der Waals surface area contributed by atoms with E-state index in [9.17, 15) is 29.1 Å². The molecule has 0 saturated heterocycles. The minimum atomic E-state index is -1.62. The Bertz CT molecular complexity index is 636. The Labute approximate surface area is 175 Å². The zero-order valence-electron chi connectivity index (χ0n) is 17.7. The third-order valence-corrected chi connectivity index (χ3v) is 4.11. The number of hydrogen-bond donors (Lipinski definition) is 7. The molecular weight excluding hydrogens is 398 g/mol. The van der Waals surface area contributed by atoms with Crippen LogP contribution in [0.5, 0.6) is 0 Å². The Hall–Kier alpha value is -2.73. The number of primary amides is 1. The standard InChI is InChI=1S/C18H33N5O7/c1-8(2)7-12(22-15(26)9(3)19)17(28)21-11(5-6-13(20)25)16(27)23-14(10(4)24)18(29)30/h8-12,14,24H,5-7,19H2,1-4H3,(H2,20,25)(H,21,28)(H,22,26)(H,23,27)(H,29,30). The zero-order valence-corrected chi connectivity index (χ0v) is 17.7. The number of carbonyl (C=O) groups is 5. The van der Waals surface area contributed by atoms with Crippen molar-refractivity contribution in [2.75, 3.05) is 0 Å². The fraction of sp³-hybridized carbons (Fsp3) is 0.722. The molecule has 9 N–H and O–H groups in total. The molecule has 0 aromatic heterocycles. The Morgan fingerprint density at radius 1 is 0.867 bits per heavy atom. The van der Waals surface area contributed by atoms with Crippen molar-refractivity contribution in [2.24, 2.45) is 17.4 Å².